The van der Waals surface area contributed by atoms with E-state index in [0.29, 0.717) is 11.4 Å². The third-order valence-electron chi connectivity index (χ3n) is 7.31. The second kappa shape index (κ2) is 6.86. The van der Waals surface area contributed by atoms with Gasteiger partial charge in [0, 0.05) is 0 Å². The molecule has 0 unspecified atom stereocenters. The van der Waals surface area contributed by atoms with Crippen LogP contribution in [0.15, 0.2) is 47.5 Å². The van der Waals surface area contributed by atoms with Crippen molar-refractivity contribution in [1.29, 1.82) is 0 Å². The molecule has 0 spiro atoms. The Kier molecular flexibility index (Phi) is 4.52. The van der Waals surface area contributed by atoms with Crippen molar-refractivity contribution in [1.82, 2.24) is 19.9 Å². The van der Waals surface area contributed by atoms with Gasteiger partial charge in [0.15, 0.2) is 5.03 Å². The Bertz CT molecular complexity index is 1340. The summed E-state index contributed by atoms with van der Waals surface area (Å²) in [6.07, 6.45) is 1.56. The number of pyridine rings is 1. The lowest BCUT2D eigenvalue weighted by Crippen LogP contribution is -2.38. The lowest BCUT2D eigenvalue weighted by molar-refractivity contribution is 0.242. The quantitative estimate of drug-likeness (QED) is 0.643. The first kappa shape index (κ1) is 21.1. The highest BCUT2D eigenvalue weighted by molar-refractivity contribution is 7.89. The summed E-state index contributed by atoms with van der Waals surface area (Å²) >= 11 is 0. The molecule has 2 aliphatic carbocycles. The summed E-state index contributed by atoms with van der Waals surface area (Å²) in [4.78, 5) is 4.53. The number of nitrogens with one attached hydrogen (secondary N) is 1. The van der Waals surface area contributed by atoms with Crippen molar-refractivity contribution in [3.8, 4) is 11.3 Å². The maximum Gasteiger partial charge on any atom is 0.257 e. The number of hydrogen-bond acceptors (Lipinski definition) is 5. The first-order valence-electron chi connectivity index (χ1n) is 10.4. The minimum absolute atomic E-state index is 0.0578. The molecule has 0 amide bonds. The standard InChI is InChI=1S/C23H22F2N4O2S/c1-22(2)14-10-11-23(22,18-8-5-9-19(27-18)32(30,31)26-3)21-13(14)12-17(28-29-21)20-15(24)6-4-7-16(20)25/h4-9,12,14,26H,10-11H2,1-3H3/t14-,23-/m0/s1. The maximum atomic E-state index is 14.4. The second-order valence-corrected chi connectivity index (χ2v) is 10.8. The number of nitrogens with zero attached hydrogens (tertiary/aromatic N) is 3. The molecule has 1 N–H and O–H groups in total. The van der Waals surface area contributed by atoms with Crippen molar-refractivity contribution in [3.05, 3.63) is 71.1 Å². The molecular formula is C23H22F2N4O2S. The maximum absolute atomic E-state index is 14.4. The van der Waals surface area contributed by atoms with Crippen molar-refractivity contribution in [2.24, 2.45) is 5.41 Å². The van der Waals surface area contributed by atoms with Gasteiger partial charge in [-0.15, -0.1) is 5.10 Å². The highest BCUT2D eigenvalue weighted by atomic mass is 32.2. The summed E-state index contributed by atoms with van der Waals surface area (Å²) in [5, 5.41) is 8.61. The Morgan fingerprint density at radius 2 is 1.75 bits per heavy atom. The molecule has 1 saturated carbocycles. The molecule has 3 aromatic rings. The van der Waals surface area contributed by atoms with Gasteiger partial charge >= 0.3 is 0 Å². The molecule has 0 aliphatic heterocycles. The van der Waals surface area contributed by atoms with E-state index >= 15 is 0 Å². The number of fused-ring (bicyclic) bond motifs is 5. The number of hydrogen-bond donors (Lipinski definition) is 1. The summed E-state index contributed by atoms with van der Waals surface area (Å²) in [6.45, 7) is 4.22. The van der Waals surface area contributed by atoms with Crippen LogP contribution in [0.1, 0.15) is 49.6 Å². The first-order valence-corrected chi connectivity index (χ1v) is 11.9. The third-order valence-corrected chi connectivity index (χ3v) is 8.62. The van der Waals surface area contributed by atoms with E-state index in [4.69, 9.17) is 0 Å². The van der Waals surface area contributed by atoms with Crippen molar-refractivity contribution < 1.29 is 17.2 Å². The van der Waals surface area contributed by atoms with Crippen LogP contribution in [0.5, 0.6) is 0 Å². The number of benzene rings is 1. The predicted molar refractivity (Wildman–Crippen MR) is 114 cm³/mol. The fraction of sp³-hybridized carbons (Fsp3) is 0.348. The summed E-state index contributed by atoms with van der Waals surface area (Å²) < 4.78 is 55.8. The van der Waals surface area contributed by atoms with E-state index in [2.05, 4.69) is 33.8 Å². The zero-order valence-corrected chi connectivity index (χ0v) is 18.7. The summed E-state index contributed by atoms with van der Waals surface area (Å²) in [7, 11) is -2.37. The van der Waals surface area contributed by atoms with Crippen LogP contribution >= 0.6 is 0 Å². The van der Waals surface area contributed by atoms with Gasteiger partial charge in [0.25, 0.3) is 10.0 Å². The van der Waals surface area contributed by atoms with Crippen LogP contribution < -0.4 is 4.72 Å². The van der Waals surface area contributed by atoms with E-state index in [-0.39, 0.29) is 27.6 Å². The van der Waals surface area contributed by atoms with Crippen molar-refractivity contribution >= 4 is 10.0 Å². The molecule has 2 heterocycles. The van der Waals surface area contributed by atoms with Crippen LogP contribution in [-0.2, 0) is 15.4 Å². The molecule has 6 nitrogen and oxygen atoms in total. The van der Waals surface area contributed by atoms with Gasteiger partial charge in [0.05, 0.1) is 28.1 Å². The lowest BCUT2D eigenvalue weighted by atomic mass is 9.66. The van der Waals surface area contributed by atoms with Crippen LogP contribution in [0, 0.1) is 17.0 Å². The lowest BCUT2D eigenvalue weighted by Gasteiger charge is -2.37. The summed E-state index contributed by atoms with van der Waals surface area (Å²) in [6, 6.07) is 10.4. The Morgan fingerprint density at radius 3 is 2.44 bits per heavy atom. The topological polar surface area (TPSA) is 84.8 Å². The molecule has 166 valence electrons. The molecule has 2 atom stereocenters. The molecule has 0 radical (unpaired) electrons. The van der Waals surface area contributed by atoms with E-state index in [1.165, 1.54) is 31.3 Å². The zero-order chi connectivity index (χ0) is 22.9. The first-order chi connectivity index (χ1) is 15.1. The van der Waals surface area contributed by atoms with Crippen LogP contribution in [0.3, 0.4) is 0 Å². The highest BCUT2D eigenvalue weighted by Crippen LogP contribution is 2.69. The van der Waals surface area contributed by atoms with Crippen LogP contribution in [0.4, 0.5) is 8.78 Å². The van der Waals surface area contributed by atoms with E-state index < -0.39 is 27.1 Å². The Labute approximate surface area is 185 Å². The van der Waals surface area contributed by atoms with Crippen molar-refractivity contribution in [2.75, 3.05) is 7.05 Å². The average molecular weight is 457 g/mol. The van der Waals surface area contributed by atoms with Crippen molar-refractivity contribution in [2.45, 2.75) is 43.0 Å². The van der Waals surface area contributed by atoms with Gasteiger partial charge in [-0.2, -0.15) is 5.10 Å². The number of aromatic nitrogens is 3. The molecule has 1 fully saturated rings. The van der Waals surface area contributed by atoms with E-state index in [1.54, 1.807) is 12.1 Å². The SMILES string of the molecule is CNS(=O)(=O)c1cccc([C@@]23CC[C@@H](c4cc(-c5c(F)cccc5F)nnc42)C3(C)C)n1. The van der Waals surface area contributed by atoms with Gasteiger partial charge < -0.3 is 0 Å². The number of halogens is 2. The normalized spacial score (nSPS) is 23.3. The molecule has 2 aromatic heterocycles. The molecule has 2 bridgehead atoms. The Balaban J connectivity index is 1.72. The van der Waals surface area contributed by atoms with Gasteiger partial charge in [-0.3, -0.25) is 0 Å². The minimum Gasteiger partial charge on any atom is -0.239 e. The molecule has 5 rings (SSSR count). The van der Waals surface area contributed by atoms with Gasteiger partial charge in [0.1, 0.15) is 11.6 Å². The average Bonchev–Trinajstić information content (AvgIpc) is 3.15. The molecular weight excluding hydrogens is 434 g/mol. The van der Waals surface area contributed by atoms with Gasteiger partial charge in [-0.25, -0.2) is 26.9 Å². The third kappa shape index (κ3) is 2.64. The smallest absolute Gasteiger partial charge is 0.239 e. The van der Waals surface area contributed by atoms with E-state index in [1.807, 2.05) is 6.07 Å². The van der Waals surface area contributed by atoms with Crippen LogP contribution in [-0.4, -0.2) is 30.6 Å². The zero-order valence-electron chi connectivity index (χ0n) is 17.9. The van der Waals surface area contributed by atoms with Crippen LogP contribution in [0.25, 0.3) is 11.3 Å². The molecule has 0 saturated heterocycles. The Hall–Kier alpha value is -2.78. The highest BCUT2D eigenvalue weighted by Gasteiger charge is 2.65. The summed E-state index contributed by atoms with van der Waals surface area (Å²) in [5.41, 5.74) is 1.16. The molecule has 32 heavy (non-hydrogen) atoms. The second-order valence-electron chi connectivity index (χ2n) is 8.92. The van der Waals surface area contributed by atoms with E-state index in [0.717, 1.165) is 18.4 Å². The van der Waals surface area contributed by atoms with Gasteiger partial charge in [-0.1, -0.05) is 26.0 Å². The van der Waals surface area contributed by atoms with Crippen molar-refractivity contribution in [3.63, 3.8) is 0 Å². The van der Waals surface area contributed by atoms with Gasteiger partial charge in [-0.05, 0) is 67.1 Å². The monoisotopic (exact) mass is 456 g/mol. The van der Waals surface area contributed by atoms with E-state index in [9.17, 15) is 17.2 Å². The number of sulfonamides is 1. The fourth-order valence-corrected chi connectivity index (χ4v) is 6.35. The molecule has 1 aromatic carbocycles. The van der Waals surface area contributed by atoms with Crippen LogP contribution in [0.2, 0.25) is 0 Å². The molecule has 2 aliphatic rings. The Morgan fingerprint density at radius 1 is 1.06 bits per heavy atom. The minimum atomic E-state index is -3.72. The van der Waals surface area contributed by atoms with Gasteiger partial charge in [0.2, 0.25) is 0 Å². The molecule has 9 heteroatoms. The summed E-state index contributed by atoms with van der Waals surface area (Å²) in [5.74, 6) is -1.31. The number of rotatable bonds is 4. The largest absolute Gasteiger partial charge is 0.257 e. The fourth-order valence-electron chi connectivity index (χ4n) is 5.66. The predicted octanol–water partition coefficient (Wildman–Crippen LogP) is 3.93.